The molecule has 0 radical (unpaired) electrons. The molecule has 0 saturated carbocycles. The predicted octanol–water partition coefficient (Wildman–Crippen LogP) is 0.826. The van der Waals surface area contributed by atoms with Gasteiger partial charge >= 0.3 is 0 Å². The zero-order valence-corrected chi connectivity index (χ0v) is 12.9. The van der Waals surface area contributed by atoms with Crippen LogP contribution in [0.25, 0.3) is 0 Å². The van der Waals surface area contributed by atoms with Gasteiger partial charge in [0.25, 0.3) is 0 Å². The number of likely N-dealkylation sites (tertiary alicyclic amines) is 2. The summed E-state index contributed by atoms with van der Waals surface area (Å²) in [6.07, 6.45) is 5.04. The van der Waals surface area contributed by atoms with E-state index in [1.54, 1.807) is 0 Å². The number of hydrogen-bond donors (Lipinski definition) is 1. The first-order valence-electron chi connectivity index (χ1n) is 8.09. The van der Waals surface area contributed by atoms with Gasteiger partial charge in [-0.2, -0.15) is 0 Å². The van der Waals surface area contributed by atoms with Gasteiger partial charge in [-0.3, -0.25) is 0 Å². The molecule has 0 aliphatic carbocycles. The van der Waals surface area contributed by atoms with Crippen LogP contribution < -0.4 is 5.73 Å². The van der Waals surface area contributed by atoms with Crippen molar-refractivity contribution in [2.45, 2.75) is 44.7 Å². The molecule has 0 spiro atoms. The number of rotatable bonds is 5. The van der Waals surface area contributed by atoms with Gasteiger partial charge in [-0.05, 0) is 65.5 Å². The molecular weight excluding hydrogens is 236 g/mol. The molecule has 0 aromatic rings. The van der Waals surface area contributed by atoms with E-state index in [0.717, 1.165) is 6.04 Å². The average Bonchev–Trinajstić information content (AvgIpc) is 2.46. The zero-order chi connectivity index (χ0) is 13.7. The van der Waals surface area contributed by atoms with Crippen LogP contribution in [0, 0.1) is 0 Å². The minimum Gasteiger partial charge on any atom is -0.328 e. The summed E-state index contributed by atoms with van der Waals surface area (Å²) in [6.45, 7) is 10.9. The number of piperidine rings is 2. The van der Waals surface area contributed by atoms with Crippen LogP contribution in [-0.4, -0.2) is 79.6 Å². The monoisotopic (exact) mass is 268 g/mol. The average molecular weight is 268 g/mol. The van der Waals surface area contributed by atoms with Gasteiger partial charge in [-0.1, -0.05) is 6.92 Å². The minimum atomic E-state index is 0.451. The van der Waals surface area contributed by atoms with Crippen LogP contribution in [0.4, 0.5) is 0 Å². The van der Waals surface area contributed by atoms with E-state index in [0.29, 0.717) is 6.04 Å². The Bertz CT molecular complexity index is 243. The van der Waals surface area contributed by atoms with Gasteiger partial charge < -0.3 is 20.4 Å². The Morgan fingerprint density at radius 2 is 1.58 bits per heavy atom. The summed E-state index contributed by atoms with van der Waals surface area (Å²) < 4.78 is 0. The Balaban J connectivity index is 1.63. The third kappa shape index (κ3) is 4.71. The van der Waals surface area contributed by atoms with E-state index in [1.165, 1.54) is 71.5 Å². The van der Waals surface area contributed by atoms with E-state index in [1.807, 2.05) is 0 Å². The van der Waals surface area contributed by atoms with Gasteiger partial charge in [0.2, 0.25) is 0 Å². The summed E-state index contributed by atoms with van der Waals surface area (Å²) in [5, 5.41) is 0. The van der Waals surface area contributed by atoms with Crippen LogP contribution in [0.2, 0.25) is 0 Å². The summed E-state index contributed by atoms with van der Waals surface area (Å²) in [5.41, 5.74) is 5.95. The summed E-state index contributed by atoms with van der Waals surface area (Å²) >= 11 is 0. The standard InChI is InChI=1S/C15H32N4/c1-3-18-10-6-15(7-11-18)17(2)12-13-19-8-4-14(16)5-9-19/h14-15H,3-13,16H2,1-2H3. The number of likely N-dealkylation sites (N-methyl/N-ethyl adjacent to an activating group) is 1. The van der Waals surface area contributed by atoms with E-state index < -0.39 is 0 Å². The Hall–Kier alpha value is -0.160. The van der Waals surface area contributed by atoms with E-state index in [-0.39, 0.29) is 0 Å². The predicted molar refractivity (Wildman–Crippen MR) is 81.4 cm³/mol. The Kier molecular flexibility index (Phi) is 6.07. The maximum Gasteiger partial charge on any atom is 0.0117 e. The smallest absolute Gasteiger partial charge is 0.0117 e. The highest BCUT2D eigenvalue weighted by Crippen LogP contribution is 2.15. The zero-order valence-electron chi connectivity index (χ0n) is 12.9. The molecule has 2 aliphatic rings. The third-order valence-electron chi connectivity index (χ3n) is 5.03. The van der Waals surface area contributed by atoms with Gasteiger partial charge in [0.1, 0.15) is 0 Å². The second-order valence-corrected chi connectivity index (χ2v) is 6.33. The molecular formula is C15H32N4. The van der Waals surface area contributed by atoms with E-state index >= 15 is 0 Å². The SMILES string of the molecule is CCN1CCC(N(C)CCN2CCC(N)CC2)CC1. The molecule has 0 atom stereocenters. The summed E-state index contributed by atoms with van der Waals surface area (Å²) in [5.74, 6) is 0. The highest BCUT2D eigenvalue weighted by atomic mass is 15.2. The highest BCUT2D eigenvalue weighted by Gasteiger charge is 2.22. The van der Waals surface area contributed by atoms with Gasteiger partial charge in [0.15, 0.2) is 0 Å². The van der Waals surface area contributed by atoms with Crippen LogP contribution in [-0.2, 0) is 0 Å². The summed E-state index contributed by atoms with van der Waals surface area (Å²) in [4.78, 5) is 7.74. The van der Waals surface area contributed by atoms with Gasteiger partial charge in [-0.15, -0.1) is 0 Å². The summed E-state index contributed by atoms with van der Waals surface area (Å²) in [7, 11) is 2.31. The Labute approximate surface area is 118 Å². The van der Waals surface area contributed by atoms with Gasteiger partial charge in [-0.25, -0.2) is 0 Å². The largest absolute Gasteiger partial charge is 0.328 e. The van der Waals surface area contributed by atoms with Crippen molar-refractivity contribution in [2.75, 3.05) is 52.9 Å². The van der Waals surface area contributed by atoms with Crippen molar-refractivity contribution in [3.63, 3.8) is 0 Å². The number of hydrogen-bond acceptors (Lipinski definition) is 4. The Morgan fingerprint density at radius 3 is 2.16 bits per heavy atom. The van der Waals surface area contributed by atoms with E-state index in [4.69, 9.17) is 5.73 Å². The molecule has 2 N–H and O–H groups in total. The van der Waals surface area contributed by atoms with Gasteiger partial charge in [0, 0.05) is 25.2 Å². The molecule has 2 saturated heterocycles. The second-order valence-electron chi connectivity index (χ2n) is 6.33. The molecule has 0 amide bonds. The van der Waals surface area contributed by atoms with E-state index in [2.05, 4.69) is 28.7 Å². The fourth-order valence-corrected chi connectivity index (χ4v) is 3.33. The normalized spacial score (nSPS) is 25.3. The van der Waals surface area contributed by atoms with Crippen LogP contribution in [0.1, 0.15) is 32.6 Å². The lowest BCUT2D eigenvalue weighted by Gasteiger charge is -2.38. The van der Waals surface area contributed by atoms with E-state index in [9.17, 15) is 0 Å². The first kappa shape index (κ1) is 15.2. The molecule has 0 unspecified atom stereocenters. The molecule has 2 aliphatic heterocycles. The second kappa shape index (κ2) is 7.58. The fourth-order valence-electron chi connectivity index (χ4n) is 3.33. The summed E-state index contributed by atoms with van der Waals surface area (Å²) in [6, 6.07) is 1.25. The highest BCUT2D eigenvalue weighted by molar-refractivity contribution is 4.79. The molecule has 112 valence electrons. The molecule has 2 rings (SSSR count). The molecule has 19 heavy (non-hydrogen) atoms. The molecule has 0 bridgehead atoms. The van der Waals surface area contributed by atoms with Crippen molar-refractivity contribution in [1.82, 2.24) is 14.7 Å². The number of nitrogens with zero attached hydrogens (tertiary/aromatic N) is 3. The topological polar surface area (TPSA) is 35.7 Å². The van der Waals surface area contributed by atoms with Crippen molar-refractivity contribution in [3.8, 4) is 0 Å². The fraction of sp³-hybridized carbons (Fsp3) is 1.00. The first-order valence-corrected chi connectivity index (χ1v) is 8.09. The van der Waals surface area contributed by atoms with Crippen molar-refractivity contribution in [1.29, 1.82) is 0 Å². The maximum atomic E-state index is 5.95. The Morgan fingerprint density at radius 1 is 1.00 bits per heavy atom. The first-order chi connectivity index (χ1) is 9.19. The van der Waals surface area contributed by atoms with Crippen LogP contribution >= 0.6 is 0 Å². The van der Waals surface area contributed by atoms with Crippen molar-refractivity contribution >= 4 is 0 Å². The van der Waals surface area contributed by atoms with Crippen LogP contribution in [0.15, 0.2) is 0 Å². The lowest BCUT2D eigenvalue weighted by atomic mass is 10.0. The number of nitrogens with two attached hydrogens (primary N) is 1. The van der Waals surface area contributed by atoms with Crippen molar-refractivity contribution < 1.29 is 0 Å². The van der Waals surface area contributed by atoms with Crippen LogP contribution in [0.5, 0.6) is 0 Å². The van der Waals surface area contributed by atoms with Crippen molar-refractivity contribution in [3.05, 3.63) is 0 Å². The maximum absolute atomic E-state index is 5.95. The molecule has 0 aromatic carbocycles. The molecule has 4 heteroatoms. The lowest BCUT2D eigenvalue weighted by molar-refractivity contribution is 0.113. The molecule has 4 nitrogen and oxygen atoms in total. The molecule has 2 heterocycles. The molecule has 0 aromatic heterocycles. The minimum absolute atomic E-state index is 0.451. The van der Waals surface area contributed by atoms with Crippen LogP contribution in [0.3, 0.4) is 0 Å². The third-order valence-corrected chi connectivity index (χ3v) is 5.03. The van der Waals surface area contributed by atoms with Gasteiger partial charge in [0.05, 0.1) is 0 Å². The quantitative estimate of drug-likeness (QED) is 0.801. The lowest BCUT2D eigenvalue weighted by Crippen LogP contribution is -2.47. The van der Waals surface area contributed by atoms with Crippen molar-refractivity contribution in [2.24, 2.45) is 5.73 Å². The molecule has 2 fully saturated rings.